The first-order valence-electron chi connectivity index (χ1n) is 6.05. The molecule has 2 heterocycles. The Bertz CT molecular complexity index is 340. The molecule has 1 aliphatic heterocycles. The summed E-state index contributed by atoms with van der Waals surface area (Å²) in [5.74, 6) is 2.04. The molecule has 0 bridgehead atoms. The first-order chi connectivity index (χ1) is 8.29. The molecule has 1 aromatic rings. The van der Waals surface area contributed by atoms with Gasteiger partial charge >= 0.3 is 0 Å². The summed E-state index contributed by atoms with van der Waals surface area (Å²) in [6, 6.07) is 0. The summed E-state index contributed by atoms with van der Waals surface area (Å²) in [5.41, 5.74) is 0. The molecular weight excluding hydrogens is 220 g/mol. The minimum atomic E-state index is 0.327. The Kier molecular flexibility index (Phi) is 4.53. The third kappa shape index (κ3) is 3.52. The maximum atomic E-state index is 5.70. The number of hydrogen-bond acceptors (Lipinski definition) is 5. The maximum Gasteiger partial charge on any atom is 0.208 e. The van der Waals surface area contributed by atoms with E-state index in [4.69, 9.17) is 13.9 Å². The van der Waals surface area contributed by atoms with Gasteiger partial charge in [0.1, 0.15) is 5.76 Å². The van der Waals surface area contributed by atoms with E-state index in [0.717, 1.165) is 31.2 Å². The van der Waals surface area contributed by atoms with Crippen molar-refractivity contribution < 1.29 is 13.9 Å². The molecule has 2 rings (SSSR count). The Morgan fingerprint density at radius 2 is 2.47 bits per heavy atom. The Balaban J connectivity index is 1.79. The minimum Gasteiger partial charge on any atom is -0.444 e. The lowest BCUT2D eigenvalue weighted by molar-refractivity contribution is 0.122. The predicted molar refractivity (Wildman–Crippen MR) is 62.9 cm³/mol. The van der Waals surface area contributed by atoms with E-state index < -0.39 is 0 Å². The highest BCUT2D eigenvalue weighted by atomic mass is 16.5. The van der Waals surface area contributed by atoms with Crippen LogP contribution < -0.4 is 5.32 Å². The van der Waals surface area contributed by atoms with Gasteiger partial charge in [-0.2, -0.15) is 0 Å². The molecule has 0 saturated carbocycles. The summed E-state index contributed by atoms with van der Waals surface area (Å²) in [6.07, 6.45) is 3.17. The topological polar surface area (TPSA) is 56.5 Å². The lowest BCUT2D eigenvalue weighted by Crippen LogP contribution is -2.18. The number of methoxy groups -OCH3 is 1. The van der Waals surface area contributed by atoms with E-state index in [9.17, 15) is 0 Å². The van der Waals surface area contributed by atoms with Gasteiger partial charge in [0.2, 0.25) is 5.89 Å². The summed E-state index contributed by atoms with van der Waals surface area (Å²) >= 11 is 0. The largest absolute Gasteiger partial charge is 0.444 e. The number of ether oxygens (including phenoxy) is 2. The van der Waals surface area contributed by atoms with E-state index in [0.29, 0.717) is 25.2 Å². The maximum absolute atomic E-state index is 5.70. The van der Waals surface area contributed by atoms with Crippen molar-refractivity contribution in [2.75, 3.05) is 26.9 Å². The molecule has 5 heteroatoms. The third-order valence-corrected chi connectivity index (χ3v) is 2.93. The van der Waals surface area contributed by atoms with Crippen molar-refractivity contribution in [3.8, 4) is 0 Å². The average Bonchev–Trinajstić information content (AvgIpc) is 2.93. The van der Waals surface area contributed by atoms with E-state index in [2.05, 4.69) is 17.2 Å². The summed E-state index contributed by atoms with van der Waals surface area (Å²) in [4.78, 5) is 4.26. The van der Waals surface area contributed by atoms with Crippen LogP contribution in [0.3, 0.4) is 0 Å². The fourth-order valence-corrected chi connectivity index (χ4v) is 1.98. The SMILES string of the molecule is COCCNCc1ncc(C2COC(C)C2)o1. The zero-order chi connectivity index (χ0) is 12.1. The van der Waals surface area contributed by atoms with Gasteiger partial charge in [0, 0.05) is 19.6 Å². The number of aromatic nitrogens is 1. The smallest absolute Gasteiger partial charge is 0.208 e. The molecule has 1 aliphatic rings. The van der Waals surface area contributed by atoms with E-state index in [-0.39, 0.29) is 0 Å². The van der Waals surface area contributed by atoms with Gasteiger partial charge in [0.25, 0.3) is 0 Å². The summed E-state index contributed by atoms with van der Waals surface area (Å²) in [5, 5.41) is 3.20. The normalized spacial score (nSPS) is 24.4. The second-order valence-corrected chi connectivity index (χ2v) is 4.40. The third-order valence-electron chi connectivity index (χ3n) is 2.93. The summed E-state index contributed by atoms with van der Waals surface area (Å²) in [6.45, 7) is 4.97. The van der Waals surface area contributed by atoms with Crippen LogP contribution in [0.5, 0.6) is 0 Å². The number of nitrogens with zero attached hydrogens (tertiary/aromatic N) is 1. The highest BCUT2D eigenvalue weighted by Gasteiger charge is 2.26. The molecule has 1 fully saturated rings. The molecular formula is C12H20N2O3. The molecule has 0 amide bonds. The number of hydrogen-bond donors (Lipinski definition) is 1. The van der Waals surface area contributed by atoms with Gasteiger partial charge in [-0.05, 0) is 13.3 Å². The van der Waals surface area contributed by atoms with Crippen LogP contribution in [0.2, 0.25) is 0 Å². The quantitative estimate of drug-likeness (QED) is 0.760. The Morgan fingerprint density at radius 1 is 1.59 bits per heavy atom. The van der Waals surface area contributed by atoms with E-state index in [1.165, 1.54) is 0 Å². The second-order valence-electron chi connectivity index (χ2n) is 4.40. The molecule has 96 valence electrons. The van der Waals surface area contributed by atoms with Crippen LogP contribution >= 0.6 is 0 Å². The zero-order valence-corrected chi connectivity index (χ0v) is 10.4. The minimum absolute atomic E-state index is 0.327. The van der Waals surface area contributed by atoms with Crippen LogP contribution in [-0.4, -0.2) is 38.0 Å². The number of oxazole rings is 1. The van der Waals surface area contributed by atoms with E-state index >= 15 is 0 Å². The molecule has 17 heavy (non-hydrogen) atoms. The summed E-state index contributed by atoms with van der Waals surface area (Å²) < 4.78 is 16.2. The first-order valence-corrected chi connectivity index (χ1v) is 6.05. The van der Waals surface area contributed by atoms with Crippen molar-refractivity contribution in [1.29, 1.82) is 0 Å². The average molecular weight is 240 g/mol. The van der Waals surface area contributed by atoms with E-state index in [1.807, 2.05) is 6.20 Å². The van der Waals surface area contributed by atoms with Crippen LogP contribution in [0.15, 0.2) is 10.6 Å². The zero-order valence-electron chi connectivity index (χ0n) is 10.4. The van der Waals surface area contributed by atoms with Gasteiger partial charge in [-0.3, -0.25) is 0 Å². The number of nitrogens with one attached hydrogen (secondary N) is 1. The lowest BCUT2D eigenvalue weighted by Gasteiger charge is -2.02. The molecule has 0 aliphatic carbocycles. The van der Waals surface area contributed by atoms with Gasteiger partial charge in [0.15, 0.2) is 0 Å². The number of rotatable bonds is 6. The molecule has 2 unspecified atom stereocenters. The Morgan fingerprint density at radius 3 is 3.18 bits per heavy atom. The van der Waals surface area contributed by atoms with Gasteiger partial charge in [-0.15, -0.1) is 0 Å². The van der Waals surface area contributed by atoms with Crippen molar-refractivity contribution in [2.24, 2.45) is 0 Å². The van der Waals surface area contributed by atoms with Gasteiger partial charge in [0.05, 0.1) is 32.1 Å². The Labute approximate surface area is 102 Å². The standard InChI is InChI=1S/C12H20N2O3/c1-9-5-10(8-16-9)11-6-14-12(17-11)7-13-3-4-15-2/h6,9-10,13H,3-5,7-8H2,1-2H3. The van der Waals surface area contributed by atoms with Crippen molar-refractivity contribution >= 4 is 0 Å². The van der Waals surface area contributed by atoms with Crippen molar-refractivity contribution in [2.45, 2.75) is 31.9 Å². The second kappa shape index (κ2) is 6.14. The monoisotopic (exact) mass is 240 g/mol. The van der Waals surface area contributed by atoms with Crippen LogP contribution in [0, 0.1) is 0 Å². The first kappa shape index (κ1) is 12.5. The van der Waals surface area contributed by atoms with Gasteiger partial charge < -0.3 is 19.2 Å². The predicted octanol–water partition coefficient (Wildman–Crippen LogP) is 1.30. The fourth-order valence-electron chi connectivity index (χ4n) is 1.98. The highest BCUT2D eigenvalue weighted by Crippen LogP contribution is 2.29. The van der Waals surface area contributed by atoms with Gasteiger partial charge in [-0.1, -0.05) is 0 Å². The lowest BCUT2D eigenvalue weighted by atomic mass is 10.0. The van der Waals surface area contributed by atoms with Crippen LogP contribution in [0.1, 0.15) is 30.9 Å². The molecule has 0 spiro atoms. The fraction of sp³-hybridized carbons (Fsp3) is 0.750. The molecule has 1 N–H and O–H groups in total. The van der Waals surface area contributed by atoms with Crippen LogP contribution in [0.4, 0.5) is 0 Å². The van der Waals surface area contributed by atoms with E-state index in [1.54, 1.807) is 7.11 Å². The molecule has 1 aromatic heterocycles. The molecule has 0 aromatic carbocycles. The highest BCUT2D eigenvalue weighted by molar-refractivity contribution is 5.04. The Hall–Kier alpha value is -0.910. The molecule has 5 nitrogen and oxygen atoms in total. The van der Waals surface area contributed by atoms with Crippen LogP contribution in [0.25, 0.3) is 0 Å². The van der Waals surface area contributed by atoms with Crippen LogP contribution in [-0.2, 0) is 16.0 Å². The molecule has 2 atom stereocenters. The summed E-state index contributed by atoms with van der Waals surface area (Å²) in [7, 11) is 1.69. The van der Waals surface area contributed by atoms with Crippen molar-refractivity contribution in [3.05, 3.63) is 17.8 Å². The molecule has 0 radical (unpaired) electrons. The van der Waals surface area contributed by atoms with Gasteiger partial charge in [-0.25, -0.2) is 4.98 Å². The molecule has 1 saturated heterocycles. The van der Waals surface area contributed by atoms with Crippen molar-refractivity contribution in [3.63, 3.8) is 0 Å². The van der Waals surface area contributed by atoms with Crippen molar-refractivity contribution in [1.82, 2.24) is 10.3 Å².